The Morgan fingerprint density at radius 1 is 1.21 bits per heavy atom. The topological polar surface area (TPSA) is 110 Å². The van der Waals surface area contributed by atoms with Crippen molar-refractivity contribution in [3.05, 3.63) is 48.2 Å². The fourth-order valence-electron chi connectivity index (χ4n) is 4.06. The minimum atomic E-state index is 0.371. The van der Waals surface area contributed by atoms with Crippen LogP contribution in [0.15, 0.2) is 41.4 Å². The summed E-state index contributed by atoms with van der Waals surface area (Å²) in [6, 6.07) is 10.0. The van der Waals surface area contributed by atoms with Gasteiger partial charge >= 0.3 is 0 Å². The van der Waals surface area contributed by atoms with Crippen LogP contribution in [0.25, 0.3) is 22.3 Å². The molecule has 3 aromatic heterocycles. The number of pyridine rings is 1. The monoisotopic (exact) mass is 386 g/mol. The predicted molar refractivity (Wildman–Crippen MR) is 105 cm³/mol. The summed E-state index contributed by atoms with van der Waals surface area (Å²) < 4.78 is 6.75. The highest BCUT2D eigenvalue weighted by molar-refractivity contribution is 5.86. The molecule has 0 amide bonds. The average Bonchev–Trinajstić information content (AvgIpc) is 3.41. The average molecular weight is 386 g/mol. The van der Waals surface area contributed by atoms with Gasteiger partial charge in [0.15, 0.2) is 5.52 Å². The van der Waals surface area contributed by atoms with E-state index in [-0.39, 0.29) is 0 Å². The van der Waals surface area contributed by atoms with E-state index in [0.29, 0.717) is 22.6 Å². The van der Waals surface area contributed by atoms with Crippen molar-refractivity contribution in [3.8, 4) is 17.2 Å². The van der Waals surface area contributed by atoms with Crippen LogP contribution in [0.2, 0.25) is 0 Å². The first-order valence-electron chi connectivity index (χ1n) is 9.45. The molecule has 0 bridgehead atoms. The van der Waals surface area contributed by atoms with Gasteiger partial charge in [-0.1, -0.05) is 12.1 Å². The molecule has 0 saturated carbocycles. The third-order valence-electron chi connectivity index (χ3n) is 5.50. The third-order valence-corrected chi connectivity index (χ3v) is 5.50. The summed E-state index contributed by atoms with van der Waals surface area (Å²) in [6.45, 7) is 1.68. The molecule has 1 aliphatic rings. The maximum absolute atomic E-state index is 9.75. The molecule has 9 nitrogen and oxygen atoms in total. The molecule has 0 unspecified atom stereocenters. The second kappa shape index (κ2) is 6.98. The van der Waals surface area contributed by atoms with E-state index in [4.69, 9.17) is 4.63 Å². The van der Waals surface area contributed by atoms with Gasteiger partial charge in [-0.15, -0.1) is 10.2 Å². The van der Waals surface area contributed by atoms with E-state index >= 15 is 0 Å². The Morgan fingerprint density at radius 2 is 2.07 bits per heavy atom. The van der Waals surface area contributed by atoms with E-state index in [1.54, 1.807) is 12.5 Å². The molecule has 5 rings (SSSR count). The van der Waals surface area contributed by atoms with Crippen LogP contribution in [0.5, 0.6) is 0 Å². The highest BCUT2D eigenvalue weighted by Gasteiger charge is 2.27. The number of nitriles is 1. The lowest BCUT2D eigenvalue weighted by Gasteiger charge is -2.35. The number of hydrogen-bond acceptors (Lipinski definition) is 8. The molecular formula is C20H18N8O. The number of para-hydroxylation sites is 1. The largest absolute Gasteiger partial charge is 0.370 e. The number of aromatic nitrogens is 6. The number of rotatable bonds is 3. The van der Waals surface area contributed by atoms with Crippen LogP contribution in [0, 0.1) is 11.3 Å². The molecule has 4 aromatic rings. The number of benzene rings is 1. The quantitative estimate of drug-likeness (QED) is 0.528. The second-order valence-electron chi connectivity index (χ2n) is 7.21. The highest BCUT2D eigenvalue weighted by atomic mass is 16.6. The van der Waals surface area contributed by atoms with Crippen molar-refractivity contribution in [2.24, 2.45) is 7.05 Å². The summed E-state index contributed by atoms with van der Waals surface area (Å²) >= 11 is 0. The Balaban J connectivity index is 1.50. The van der Waals surface area contributed by atoms with Crippen molar-refractivity contribution in [1.82, 2.24) is 30.1 Å². The molecule has 144 valence electrons. The predicted octanol–water partition coefficient (Wildman–Crippen LogP) is 2.67. The van der Waals surface area contributed by atoms with Crippen LogP contribution in [0.1, 0.15) is 30.1 Å². The summed E-state index contributed by atoms with van der Waals surface area (Å²) in [6.07, 6.45) is 5.40. The summed E-state index contributed by atoms with van der Waals surface area (Å²) in [5, 5.41) is 25.7. The van der Waals surface area contributed by atoms with Gasteiger partial charge in [-0.2, -0.15) is 5.26 Å². The third kappa shape index (κ3) is 2.99. The van der Waals surface area contributed by atoms with Crippen LogP contribution >= 0.6 is 0 Å². The normalized spacial score (nSPS) is 15.0. The van der Waals surface area contributed by atoms with Gasteiger partial charge in [0.2, 0.25) is 5.65 Å². The van der Waals surface area contributed by atoms with Crippen molar-refractivity contribution < 1.29 is 4.63 Å². The number of anilines is 1. The molecule has 4 heterocycles. The van der Waals surface area contributed by atoms with Crippen LogP contribution in [-0.2, 0) is 7.05 Å². The Bertz CT molecular complexity index is 1210. The van der Waals surface area contributed by atoms with Gasteiger partial charge in [0, 0.05) is 43.4 Å². The van der Waals surface area contributed by atoms with Gasteiger partial charge in [-0.3, -0.25) is 0 Å². The van der Waals surface area contributed by atoms with Crippen LogP contribution < -0.4 is 4.90 Å². The van der Waals surface area contributed by atoms with E-state index in [9.17, 15) is 5.26 Å². The summed E-state index contributed by atoms with van der Waals surface area (Å²) in [5.41, 5.74) is 4.49. The molecule has 0 spiro atoms. The van der Waals surface area contributed by atoms with Gasteiger partial charge in [-0.25, -0.2) is 9.61 Å². The maximum atomic E-state index is 9.75. The van der Waals surface area contributed by atoms with Crippen molar-refractivity contribution in [2.75, 3.05) is 18.0 Å². The zero-order valence-electron chi connectivity index (χ0n) is 15.9. The molecule has 0 radical (unpaired) electrons. The molecule has 1 aliphatic heterocycles. The first kappa shape index (κ1) is 17.3. The van der Waals surface area contributed by atoms with E-state index in [2.05, 4.69) is 36.5 Å². The van der Waals surface area contributed by atoms with E-state index < -0.39 is 0 Å². The minimum Gasteiger partial charge on any atom is -0.370 e. The number of hydrogen-bond donors (Lipinski definition) is 0. The van der Waals surface area contributed by atoms with E-state index in [1.165, 1.54) is 0 Å². The summed E-state index contributed by atoms with van der Waals surface area (Å²) in [5.74, 6) is 1.39. The van der Waals surface area contributed by atoms with Crippen LogP contribution in [0.4, 0.5) is 5.69 Å². The van der Waals surface area contributed by atoms with Crippen LogP contribution in [0.3, 0.4) is 0 Å². The lowest BCUT2D eigenvalue weighted by molar-refractivity contribution is 0.315. The maximum Gasteiger partial charge on any atom is 0.224 e. The fraction of sp³-hybridized carbons (Fsp3) is 0.300. The lowest BCUT2D eigenvalue weighted by Crippen LogP contribution is -2.34. The van der Waals surface area contributed by atoms with E-state index in [1.807, 2.05) is 35.9 Å². The SMILES string of the molecule is Cn1cnnc1C1CCN(c2c(C#N)cccc2-c2cnc3nonc3c2)CC1. The Kier molecular flexibility index (Phi) is 4.17. The Hall–Kier alpha value is -3.80. The Morgan fingerprint density at radius 3 is 2.83 bits per heavy atom. The van der Waals surface area contributed by atoms with Gasteiger partial charge in [0.1, 0.15) is 18.2 Å². The molecule has 29 heavy (non-hydrogen) atoms. The molecule has 0 N–H and O–H groups in total. The molecule has 0 aliphatic carbocycles. The molecule has 1 saturated heterocycles. The first-order valence-corrected chi connectivity index (χ1v) is 9.45. The van der Waals surface area contributed by atoms with Crippen molar-refractivity contribution >= 4 is 16.9 Å². The smallest absolute Gasteiger partial charge is 0.224 e. The van der Waals surface area contributed by atoms with Gasteiger partial charge < -0.3 is 9.47 Å². The zero-order valence-corrected chi connectivity index (χ0v) is 15.9. The summed E-state index contributed by atoms with van der Waals surface area (Å²) in [4.78, 5) is 6.61. The zero-order chi connectivity index (χ0) is 19.8. The van der Waals surface area contributed by atoms with Gasteiger partial charge in [-0.05, 0) is 35.3 Å². The van der Waals surface area contributed by atoms with Crippen molar-refractivity contribution in [3.63, 3.8) is 0 Å². The summed E-state index contributed by atoms with van der Waals surface area (Å²) in [7, 11) is 1.98. The van der Waals surface area contributed by atoms with Gasteiger partial charge in [0.25, 0.3) is 0 Å². The molecule has 1 fully saturated rings. The van der Waals surface area contributed by atoms with E-state index in [0.717, 1.165) is 48.6 Å². The number of nitrogens with zero attached hydrogens (tertiary/aromatic N) is 8. The van der Waals surface area contributed by atoms with Crippen molar-refractivity contribution in [2.45, 2.75) is 18.8 Å². The molecule has 9 heteroatoms. The highest BCUT2D eigenvalue weighted by Crippen LogP contribution is 2.37. The van der Waals surface area contributed by atoms with Gasteiger partial charge in [0.05, 0.1) is 11.3 Å². The number of fused-ring (bicyclic) bond motifs is 1. The number of aryl methyl sites for hydroxylation is 1. The second-order valence-corrected chi connectivity index (χ2v) is 7.21. The molecular weight excluding hydrogens is 368 g/mol. The first-order chi connectivity index (χ1) is 14.2. The molecule has 1 aromatic carbocycles. The number of piperidine rings is 1. The van der Waals surface area contributed by atoms with Crippen molar-refractivity contribution in [1.29, 1.82) is 5.26 Å². The Labute approximate surface area is 166 Å². The fourth-order valence-corrected chi connectivity index (χ4v) is 4.06. The van der Waals surface area contributed by atoms with Crippen LogP contribution in [-0.4, -0.2) is 43.2 Å². The molecule has 0 atom stereocenters. The minimum absolute atomic E-state index is 0.371. The standard InChI is InChI=1S/C20H18N8O/c1-27-12-23-24-20(27)13-5-7-28(8-6-13)18-14(10-21)3-2-4-16(18)15-9-17-19(22-11-15)26-29-25-17/h2-4,9,11-13H,5-8H2,1H3. The lowest BCUT2D eigenvalue weighted by atomic mass is 9.93.